The van der Waals surface area contributed by atoms with E-state index in [-0.39, 0.29) is 24.8 Å². The number of carbonyl (C=O) groups excluding carboxylic acids is 2. The summed E-state index contributed by atoms with van der Waals surface area (Å²) >= 11 is 0. The van der Waals surface area contributed by atoms with Crippen molar-refractivity contribution in [2.45, 2.75) is 32.6 Å². The molecule has 0 aliphatic carbocycles. The Kier molecular flexibility index (Phi) is 6.05. The third-order valence-corrected chi connectivity index (χ3v) is 7.53. The van der Waals surface area contributed by atoms with Crippen molar-refractivity contribution in [3.05, 3.63) is 59.9 Å². The monoisotopic (exact) mass is 467 g/mol. The van der Waals surface area contributed by atoms with Crippen LogP contribution in [0.2, 0.25) is 0 Å². The van der Waals surface area contributed by atoms with Gasteiger partial charge in [-0.25, -0.2) is 13.4 Å². The molecule has 172 valence electrons. The standard InChI is InChI=1S/C23H25N5O4S/c1-14(2)33(31,32)28-12-18-21(19(30)13-28)23(26-17-7-5-4-6-8-17)22(27-18)16-9-10-24-20(11-16)25-15(3)29/h4-11,14,26-27H,12-13H2,1-3H3,(H,24,25,29). The number of para-hydroxylation sites is 1. The minimum absolute atomic E-state index is 0.0642. The number of pyridine rings is 1. The number of rotatable bonds is 6. The van der Waals surface area contributed by atoms with Crippen LogP contribution in [0.15, 0.2) is 48.7 Å². The van der Waals surface area contributed by atoms with E-state index in [4.69, 9.17) is 0 Å². The zero-order valence-electron chi connectivity index (χ0n) is 18.5. The Morgan fingerprint density at radius 2 is 1.88 bits per heavy atom. The number of aromatic nitrogens is 2. The number of hydrogen-bond acceptors (Lipinski definition) is 6. The number of carbonyl (C=O) groups is 2. The van der Waals surface area contributed by atoms with E-state index in [9.17, 15) is 18.0 Å². The van der Waals surface area contributed by atoms with E-state index in [1.807, 2.05) is 30.3 Å². The Labute approximate surface area is 192 Å². The first-order valence-electron chi connectivity index (χ1n) is 10.5. The first-order chi connectivity index (χ1) is 15.7. The van der Waals surface area contributed by atoms with Crippen LogP contribution in [0.25, 0.3) is 11.3 Å². The quantitative estimate of drug-likeness (QED) is 0.510. The Morgan fingerprint density at radius 1 is 1.15 bits per heavy atom. The molecule has 0 atom stereocenters. The van der Waals surface area contributed by atoms with Crippen molar-refractivity contribution in [1.29, 1.82) is 0 Å². The zero-order valence-corrected chi connectivity index (χ0v) is 19.4. The summed E-state index contributed by atoms with van der Waals surface area (Å²) in [6.45, 7) is 4.43. The van der Waals surface area contributed by atoms with Crippen LogP contribution in [0.3, 0.4) is 0 Å². The lowest BCUT2D eigenvalue weighted by Gasteiger charge is -2.27. The van der Waals surface area contributed by atoms with Crippen molar-refractivity contribution < 1.29 is 18.0 Å². The molecule has 4 rings (SSSR count). The molecular weight excluding hydrogens is 442 g/mol. The molecule has 1 amide bonds. The highest BCUT2D eigenvalue weighted by molar-refractivity contribution is 7.89. The summed E-state index contributed by atoms with van der Waals surface area (Å²) in [4.78, 5) is 32.1. The summed E-state index contributed by atoms with van der Waals surface area (Å²) in [6, 6.07) is 12.8. The lowest BCUT2D eigenvalue weighted by molar-refractivity contribution is -0.114. The van der Waals surface area contributed by atoms with E-state index < -0.39 is 15.3 Å². The van der Waals surface area contributed by atoms with Gasteiger partial charge >= 0.3 is 0 Å². The lowest BCUT2D eigenvalue weighted by Crippen LogP contribution is -2.42. The number of ketones is 1. The molecule has 3 heterocycles. The molecule has 1 aliphatic heterocycles. The predicted molar refractivity (Wildman–Crippen MR) is 127 cm³/mol. The highest BCUT2D eigenvalue weighted by Gasteiger charge is 2.37. The Balaban J connectivity index is 1.84. The molecule has 3 aromatic rings. The van der Waals surface area contributed by atoms with E-state index in [1.54, 1.807) is 32.2 Å². The number of hydrogen-bond donors (Lipinski definition) is 3. The third-order valence-electron chi connectivity index (χ3n) is 5.36. The predicted octanol–water partition coefficient (Wildman–Crippen LogP) is 3.52. The zero-order chi connectivity index (χ0) is 23.8. The molecule has 0 radical (unpaired) electrons. The van der Waals surface area contributed by atoms with E-state index in [1.165, 1.54) is 11.2 Å². The van der Waals surface area contributed by atoms with Crippen LogP contribution in [-0.4, -0.2) is 46.2 Å². The summed E-state index contributed by atoms with van der Waals surface area (Å²) in [7, 11) is -3.61. The number of amides is 1. The molecule has 0 saturated carbocycles. The molecule has 9 nitrogen and oxygen atoms in total. The fourth-order valence-electron chi connectivity index (χ4n) is 3.77. The number of H-pyrrole nitrogens is 1. The van der Waals surface area contributed by atoms with E-state index in [0.29, 0.717) is 34.0 Å². The van der Waals surface area contributed by atoms with E-state index >= 15 is 0 Å². The largest absolute Gasteiger partial charge is 0.355 e. The fourth-order valence-corrected chi connectivity index (χ4v) is 4.97. The summed E-state index contributed by atoms with van der Waals surface area (Å²) in [5, 5.41) is 5.34. The van der Waals surface area contributed by atoms with Crippen LogP contribution in [-0.2, 0) is 21.4 Å². The number of nitrogens with zero attached hydrogens (tertiary/aromatic N) is 2. The summed E-state index contributed by atoms with van der Waals surface area (Å²) in [5.74, 6) is -0.177. The van der Waals surface area contributed by atoms with Crippen LogP contribution in [0.1, 0.15) is 36.8 Å². The highest BCUT2D eigenvalue weighted by Crippen LogP contribution is 2.39. The lowest BCUT2D eigenvalue weighted by atomic mass is 10.0. The topological polar surface area (TPSA) is 124 Å². The van der Waals surface area contributed by atoms with Gasteiger partial charge in [-0.1, -0.05) is 18.2 Å². The van der Waals surface area contributed by atoms with Crippen LogP contribution < -0.4 is 10.6 Å². The number of fused-ring (bicyclic) bond motifs is 1. The molecule has 10 heteroatoms. The smallest absolute Gasteiger partial charge is 0.222 e. The molecule has 0 bridgehead atoms. The maximum absolute atomic E-state index is 13.2. The fraction of sp³-hybridized carbons (Fsp3) is 0.261. The van der Waals surface area contributed by atoms with Gasteiger partial charge in [-0.2, -0.15) is 4.31 Å². The van der Waals surface area contributed by atoms with Gasteiger partial charge in [-0.05, 0) is 38.1 Å². The van der Waals surface area contributed by atoms with Gasteiger partial charge < -0.3 is 15.6 Å². The van der Waals surface area contributed by atoms with Gasteiger partial charge in [0.05, 0.1) is 35.3 Å². The van der Waals surface area contributed by atoms with Crippen molar-refractivity contribution in [1.82, 2.24) is 14.3 Å². The van der Waals surface area contributed by atoms with Crippen molar-refractivity contribution in [2.24, 2.45) is 0 Å². The van der Waals surface area contributed by atoms with Gasteiger partial charge in [0.15, 0.2) is 5.78 Å². The van der Waals surface area contributed by atoms with Crippen LogP contribution >= 0.6 is 0 Å². The number of nitrogens with one attached hydrogen (secondary N) is 3. The molecule has 2 aromatic heterocycles. The first kappa shape index (κ1) is 22.7. The van der Waals surface area contributed by atoms with Crippen molar-refractivity contribution in [2.75, 3.05) is 17.2 Å². The van der Waals surface area contributed by atoms with Crippen molar-refractivity contribution >= 4 is 38.9 Å². The van der Waals surface area contributed by atoms with Gasteiger partial charge in [0.25, 0.3) is 0 Å². The van der Waals surface area contributed by atoms with Crippen molar-refractivity contribution in [3.63, 3.8) is 0 Å². The van der Waals surface area contributed by atoms with Crippen LogP contribution in [0.5, 0.6) is 0 Å². The number of aromatic amines is 1. The maximum Gasteiger partial charge on any atom is 0.222 e. The summed E-state index contributed by atoms with van der Waals surface area (Å²) in [5.41, 5.74) is 3.58. The second-order valence-corrected chi connectivity index (χ2v) is 10.6. The van der Waals surface area contributed by atoms with Crippen LogP contribution in [0.4, 0.5) is 17.2 Å². The van der Waals surface area contributed by atoms with Gasteiger partial charge in [-0.15, -0.1) is 0 Å². The second kappa shape index (κ2) is 8.80. The van der Waals surface area contributed by atoms with Gasteiger partial charge in [0, 0.05) is 30.1 Å². The van der Waals surface area contributed by atoms with Crippen LogP contribution in [0, 0.1) is 0 Å². The number of anilines is 3. The average molecular weight is 468 g/mol. The summed E-state index contributed by atoms with van der Waals surface area (Å²) < 4.78 is 26.7. The Morgan fingerprint density at radius 3 is 2.55 bits per heavy atom. The van der Waals surface area contributed by atoms with Gasteiger partial charge in [0.2, 0.25) is 15.9 Å². The molecule has 3 N–H and O–H groups in total. The van der Waals surface area contributed by atoms with Gasteiger partial charge in [0.1, 0.15) is 5.82 Å². The SMILES string of the molecule is CC(=O)Nc1cc(-c2[nH]c3c(c2Nc2ccccc2)C(=O)CN(S(=O)(=O)C(C)C)C3)ccn1. The van der Waals surface area contributed by atoms with Gasteiger partial charge in [-0.3, -0.25) is 9.59 Å². The van der Waals surface area contributed by atoms with Crippen molar-refractivity contribution in [3.8, 4) is 11.3 Å². The minimum atomic E-state index is -3.61. The minimum Gasteiger partial charge on any atom is -0.355 e. The van der Waals surface area contributed by atoms with E-state index in [2.05, 4.69) is 20.6 Å². The molecule has 33 heavy (non-hydrogen) atoms. The Hall–Kier alpha value is -3.50. The molecule has 0 fully saturated rings. The maximum atomic E-state index is 13.2. The number of benzene rings is 1. The number of Topliss-reactive ketones (excluding diaryl/α,β-unsaturated/α-hetero) is 1. The number of sulfonamides is 1. The first-order valence-corrected chi connectivity index (χ1v) is 12.0. The molecule has 0 spiro atoms. The molecule has 0 unspecified atom stereocenters. The summed E-state index contributed by atoms with van der Waals surface area (Å²) in [6.07, 6.45) is 1.56. The second-order valence-electron chi connectivity index (χ2n) is 8.12. The molecule has 0 saturated heterocycles. The molecular formula is C23H25N5O4S. The normalized spacial score (nSPS) is 14.2. The molecule has 1 aliphatic rings. The third kappa shape index (κ3) is 4.53. The average Bonchev–Trinajstić information content (AvgIpc) is 3.13. The molecule has 1 aromatic carbocycles. The highest BCUT2D eigenvalue weighted by atomic mass is 32.2. The Bertz CT molecular complexity index is 1320. The van der Waals surface area contributed by atoms with E-state index in [0.717, 1.165) is 5.69 Å².